The number of hydrogen-bond donors (Lipinski definition) is 1. The molecule has 3 rings (SSSR count). The van der Waals surface area contributed by atoms with Crippen LogP contribution in [0.2, 0.25) is 0 Å². The van der Waals surface area contributed by atoms with Crippen LogP contribution in [0.15, 0.2) is 18.2 Å². The molecule has 28 heavy (non-hydrogen) atoms. The fourth-order valence-electron chi connectivity index (χ4n) is 3.28. The van der Waals surface area contributed by atoms with Crippen LogP contribution >= 0.6 is 0 Å². The van der Waals surface area contributed by atoms with E-state index in [9.17, 15) is 14.4 Å². The molecule has 0 bridgehead atoms. The van der Waals surface area contributed by atoms with E-state index in [1.54, 1.807) is 30.1 Å². The summed E-state index contributed by atoms with van der Waals surface area (Å²) in [7, 11) is 1.69. The number of hydrogen-bond acceptors (Lipinski definition) is 5. The third-order valence-electron chi connectivity index (χ3n) is 4.76. The molecular formula is C20H27N3O5. The smallest absolute Gasteiger partial charge is 0.410 e. The summed E-state index contributed by atoms with van der Waals surface area (Å²) in [6, 6.07) is 5.20. The van der Waals surface area contributed by atoms with Gasteiger partial charge in [-0.15, -0.1) is 0 Å². The number of carbonyl (C=O) groups is 3. The largest absolute Gasteiger partial charge is 0.481 e. The lowest BCUT2D eigenvalue weighted by atomic mass is 9.97. The normalized spacial score (nSPS) is 19.6. The Morgan fingerprint density at radius 2 is 2.04 bits per heavy atom. The van der Waals surface area contributed by atoms with E-state index in [0.29, 0.717) is 36.6 Å². The Hall–Kier alpha value is -2.77. The molecule has 1 saturated heterocycles. The van der Waals surface area contributed by atoms with Gasteiger partial charge in [0, 0.05) is 31.9 Å². The van der Waals surface area contributed by atoms with Gasteiger partial charge in [0.05, 0.1) is 11.6 Å². The Morgan fingerprint density at radius 1 is 1.29 bits per heavy atom. The van der Waals surface area contributed by atoms with Gasteiger partial charge in [-0.1, -0.05) is 0 Å². The van der Waals surface area contributed by atoms with Crippen molar-refractivity contribution in [2.24, 2.45) is 5.92 Å². The molecule has 0 saturated carbocycles. The highest BCUT2D eigenvalue weighted by atomic mass is 16.6. The number of ether oxygens (including phenoxy) is 2. The molecule has 8 nitrogen and oxygen atoms in total. The number of fused-ring (bicyclic) bond motifs is 1. The molecule has 2 aliphatic heterocycles. The van der Waals surface area contributed by atoms with E-state index in [1.165, 1.54) is 4.90 Å². The summed E-state index contributed by atoms with van der Waals surface area (Å²) in [5.74, 6) is -0.0106. The van der Waals surface area contributed by atoms with E-state index in [2.05, 4.69) is 5.32 Å². The molecule has 0 aromatic heterocycles. The first-order chi connectivity index (χ1) is 13.1. The van der Waals surface area contributed by atoms with Crippen molar-refractivity contribution in [3.8, 4) is 5.75 Å². The van der Waals surface area contributed by atoms with Crippen molar-refractivity contribution in [3.05, 3.63) is 18.2 Å². The number of nitrogens with one attached hydrogen (secondary N) is 1. The van der Waals surface area contributed by atoms with Gasteiger partial charge < -0.3 is 24.6 Å². The summed E-state index contributed by atoms with van der Waals surface area (Å²) in [4.78, 5) is 39.8. The fourth-order valence-corrected chi connectivity index (χ4v) is 3.28. The van der Waals surface area contributed by atoms with Crippen LogP contribution in [-0.4, -0.2) is 55.2 Å². The number of likely N-dealkylation sites (tertiary alicyclic amines) is 1. The number of carbonyl (C=O) groups excluding carboxylic acids is 3. The van der Waals surface area contributed by atoms with Gasteiger partial charge in [-0.2, -0.15) is 0 Å². The molecule has 0 radical (unpaired) electrons. The Kier molecular flexibility index (Phi) is 5.49. The quantitative estimate of drug-likeness (QED) is 0.840. The standard InChI is InChI=1S/C20H27N3O5/c1-20(2,3)28-19(26)23-9-5-6-13(11-23)18(25)21-14-7-8-15-16(10-14)27-12-17(24)22(15)4/h7-8,10,13H,5-6,9,11-12H2,1-4H3,(H,21,25). The summed E-state index contributed by atoms with van der Waals surface area (Å²) in [5.41, 5.74) is 0.702. The van der Waals surface area contributed by atoms with Crippen LogP contribution in [0.3, 0.4) is 0 Å². The Labute approximate surface area is 164 Å². The zero-order valence-corrected chi connectivity index (χ0v) is 16.8. The molecule has 1 unspecified atom stereocenters. The van der Waals surface area contributed by atoms with Crippen LogP contribution in [0.5, 0.6) is 5.75 Å². The third kappa shape index (κ3) is 4.55. The van der Waals surface area contributed by atoms with E-state index in [0.717, 1.165) is 6.42 Å². The molecule has 2 heterocycles. The third-order valence-corrected chi connectivity index (χ3v) is 4.76. The molecule has 1 N–H and O–H groups in total. The summed E-state index contributed by atoms with van der Waals surface area (Å²) >= 11 is 0. The molecule has 0 aliphatic carbocycles. The topological polar surface area (TPSA) is 88.2 Å². The van der Waals surface area contributed by atoms with E-state index >= 15 is 0 Å². The van der Waals surface area contributed by atoms with Gasteiger partial charge >= 0.3 is 6.09 Å². The van der Waals surface area contributed by atoms with Gasteiger partial charge in [-0.25, -0.2) is 4.79 Å². The van der Waals surface area contributed by atoms with Crippen molar-refractivity contribution in [3.63, 3.8) is 0 Å². The second-order valence-corrected chi connectivity index (χ2v) is 8.18. The van der Waals surface area contributed by atoms with Crippen molar-refractivity contribution in [1.29, 1.82) is 0 Å². The van der Waals surface area contributed by atoms with Gasteiger partial charge in [0.15, 0.2) is 6.61 Å². The SMILES string of the molecule is CN1C(=O)COc2cc(NC(=O)C3CCCN(C(=O)OC(C)(C)C)C3)ccc21. The van der Waals surface area contributed by atoms with Crippen molar-refractivity contribution < 1.29 is 23.9 Å². The van der Waals surface area contributed by atoms with Gasteiger partial charge in [-0.05, 0) is 45.7 Å². The number of benzene rings is 1. The van der Waals surface area contributed by atoms with Crippen LogP contribution in [-0.2, 0) is 14.3 Å². The fraction of sp³-hybridized carbons (Fsp3) is 0.550. The monoisotopic (exact) mass is 389 g/mol. The Morgan fingerprint density at radius 3 is 2.75 bits per heavy atom. The van der Waals surface area contributed by atoms with E-state index in [1.807, 2.05) is 20.8 Å². The first kappa shape index (κ1) is 20.0. The maximum absolute atomic E-state index is 12.7. The zero-order valence-electron chi connectivity index (χ0n) is 16.8. The van der Waals surface area contributed by atoms with E-state index in [-0.39, 0.29) is 30.4 Å². The minimum absolute atomic E-state index is 0.0195. The summed E-state index contributed by atoms with van der Waals surface area (Å²) < 4.78 is 10.9. The van der Waals surface area contributed by atoms with Gasteiger partial charge in [0.1, 0.15) is 11.4 Å². The lowest BCUT2D eigenvalue weighted by Gasteiger charge is -2.33. The summed E-state index contributed by atoms with van der Waals surface area (Å²) in [6.07, 6.45) is 1.07. The molecule has 1 aromatic rings. The zero-order chi connectivity index (χ0) is 20.5. The van der Waals surface area contributed by atoms with Crippen LogP contribution in [0.1, 0.15) is 33.6 Å². The molecule has 0 spiro atoms. The number of likely N-dealkylation sites (N-methyl/N-ethyl adjacent to an activating group) is 1. The Balaban J connectivity index is 1.63. The predicted molar refractivity (Wildman–Crippen MR) is 105 cm³/mol. The summed E-state index contributed by atoms with van der Waals surface area (Å²) in [5, 5.41) is 2.89. The van der Waals surface area contributed by atoms with Crippen molar-refractivity contribution >= 4 is 29.3 Å². The van der Waals surface area contributed by atoms with Crippen LogP contribution < -0.4 is 15.0 Å². The average Bonchev–Trinajstić information content (AvgIpc) is 2.63. The number of rotatable bonds is 2. The molecule has 2 aliphatic rings. The van der Waals surface area contributed by atoms with Gasteiger partial charge in [0.2, 0.25) is 5.91 Å². The lowest BCUT2D eigenvalue weighted by molar-refractivity contribution is -0.122. The highest BCUT2D eigenvalue weighted by Crippen LogP contribution is 2.34. The van der Waals surface area contributed by atoms with Gasteiger partial charge in [-0.3, -0.25) is 9.59 Å². The van der Waals surface area contributed by atoms with E-state index < -0.39 is 5.60 Å². The molecule has 3 amide bonds. The summed E-state index contributed by atoms with van der Waals surface area (Å²) in [6.45, 7) is 6.37. The minimum Gasteiger partial charge on any atom is -0.481 e. The lowest BCUT2D eigenvalue weighted by Crippen LogP contribution is -2.45. The maximum Gasteiger partial charge on any atom is 0.410 e. The van der Waals surface area contributed by atoms with Crippen LogP contribution in [0.25, 0.3) is 0 Å². The average molecular weight is 389 g/mol. The number of nitrogens with zero attached hydrogens (tertiary/aromatic N) is 2. The molecule has 8 heteroatoms. The molecule has 1 atom stereocenters. The number of amides is 3. The van der Waals surface area contributed by atoms with Gasteiger partial charge in [0.25, 0.3) is 5.91 Å². The Bertz CT molecular complexity index is 787. The molecule has 1 aromatic carbocycles. The second-order valence-electron chi connectivity index (χ2n) is 8.18. The highest BCUT2D eigenvalue weighted by molar-refractivity contribution is 5.98. The van der Waals surface area contributed by atoms with Crippen LogP contribution in [0, 0.1) is 5.92 Å². The predicted octanol–water partition coefficient (Wildman–Crippen LogP) is 2.63. The maximum atomic E-state index is 12.7. The molecule has 1 fully saturated rings. The second kappa shape index (κ2) is 7.69. The van der Waals surface area contributed by atoms with E-state index in [4.69, 9.17) is 9.47 Å². The van der Waals surface area contributed by atoms with Crippen molar-refractivity contribution in [2.75, 3.05) is 37.0 Å². The molecule has 152 valence electrons. The number of anilines is 2. The first-order valence-corrected chi connectivity index (χ1v) is 9.46. The van der Waals surface area contributed by atoms with Crippen molar-refractivity contribution in [2.45, 2.75) is 39.2 Å². The first-order valence-electron chi connectivity index (χ1n) is 9.46. The van der Waals surface area contributed by atoms with Crippen LogP contribution in [0.4, 0.5) is 16.2 Å². The van der Waals surface area contributed by atoms with Crippen molar-refractivity contribution in [1.82, 2.24) is 4.90 Å². The highest BCUT2D eigenvalue weighted by Gasteiger charge is 2.31. The molecular weight excluding hydrogens is 362 g/mol. The number of piperidine rings is 1. The minimum atomic E-state index is -0.566.